The first-order chi connectivity index (χ1) is 15.0. The van der Waals surface area contributed by atoms with Crippen LogP contribution < -0.4 is 5.01 Å². The van der Waals surface area contributed by atoms with E-state index in [1.165, 1.54) is 3.97 Å². The minimum atomic E-state index is -3.62. The van der Waals surface area contributed by atoms with E-state index in [-0.39, 0.29) is 12.4 Å². The number of pyridine rings is 1. The molecule has 0 aliphatic carbocycles. The van der Waals surface area contributed by atoms with Gasteiger partial charge in [-0.25, -0.2) is 27.0 Å². The number of aliphatic hydroxyl groups excluding tert-OH is 1. The Kier molecular flexibility index (Phi) is 4.94. The number of hydrogen-bond donors (Lipinski definition) is 1. The lowest BCUT2D eigenvalue weighted by molar-refractivity contribution is 0.196. The molecule has 0 saturated carbocycles. The van der Waals surface area contributed by atoms with Crippen LogP contribution >= 0.6 is 0 Å². The molecule has 0 radical (unpaired) electrons. The van der Waals surface area contributed by atoms with E-state index < -0.39 is 10.0 Å². The summed E-state index contributed by atoms with van der Waals surface area (Å²) in [5.74, 6) is 1.08. The van der Waals surface area contributed by atoms with E-state index in [1.807, 2.05) is 43.3 Å². The molecular formula is C22H25N5O3S. The van der Waals surface area contributed by atoms with Crippen LogP contribution in [0.15, 0.2) is 48.8 Å². The fourth-order valence-electron chi connectivity index (χ4n) is 4.45. The minimum Gasteiger partial charge on any atom is -0.396 e. The molecule has 162 valence electrons. The monoisotopic (exact) mass is 439 g/mol. The average Bonchev–Trinajstić information content (AvgIpc) is 3.35. The number of fused-ring (bicyclic) bond motifs is 3. The van der Waals surface area contributed by atoms with E-state index in [2.05, 4.69) is 19.7 Å². The minimum absolute atomic E-state index is 0.0930. The normalized spacial score (nSPS) is 15.9. The van der Waals surface area contributed by atoms with E-state index >= 15 is 0 Å². The second kappa shape index (κ2) is 7.65. The second-order valence-corrected chi connectivity index (χ2v) is 9.98. The Bertz CT molecular complexity index is 1340. The summed E-state index contributed by atoms with van der Waals surface area (Å²) in [5.41, 5.74) is 2.76. The standard InChI is InChI=1S/C22H25N5O3S/c1-16-24-20-13-23-22-19(21(20)27(16)25-10-7-17(14-28)8-11-25)9-12-26(22)31(29,30)15-18-5-3-2-4-6-18/h2-6,9,12-13,17,28H,7-8,10-11,14-15H2,1H3. The van der Waals surface area contributed by atoms with Crippen LogP contribution in [0.25, 0.3) is 22.1 Å². The second-order valence-electron chi connectivity index (χ2n) is 8.13. The Morgan fingerprint density at radius 2 is 1.87 bits per heavy atom. The number of nitrogens with zero attached hydrogens (tertiary/aromatic N) is 5. The molecule has 1 aliphatic heterocycles. The van der Waals surface area contributed by atoms with Gasteiger partial charge in [0.05, 0.1) is 11.9 Å². The number of hydrogen-bond acceptors (Lipinski definition) is 6. The van der Waals surface area contributed by atoms with Crippen LogP contribution in [0.5, 0.6) is 0 Å². The molecule has 4 heterocycles. The van der Waals surface area contributed by atoms with Gasteiger partial charge < -0.3 is 10.1 Å². The largest absolute Gasteiger partial charge is 0.396 e. The maximum atomic E-state index is 13.1. The molecule has 0 bridgehead atoms. The lowest BCUT2D eigenvalue weighted by Crippen LogP contribution is -2.42. The van der Waals surface area contributed by atoms with E-state index in [9.17, 15) is 13.5 Å². The van der Waals surface area contributed by atoms with Crippen LogP contribution in [0.1, 0.15) is 24.2 Å². The molecular weight excluding hydrogens is 414 g/mol. The third-order valence-corrected chi connectivity index (χ3v) is 7.65. The molecule has 0 atom stereocenters. The molecule has 4 aromatic rings. The van der Waals surface area contributed by atoms with Gasteiger partial charge in [-0.3, -0.25) is 0 Å². The highest BCUT2D eigenvalue weighted by Crippen LogP contribution is 2.28. The fraction of sp³-hybridized carbons (Fsp3) is 0.364. The summed E-state index contributed by atoms with van der Waals surface area (Å²) in [6.45, 7) is 3.80. The fourth-order valence-corrected chi connectivity index (χ4v) is 5.86. The van der Waals surface area contributed by atoms with Crippen molar-refractivity contribution in [2.24, 2.45) is 5.92 Å². The molecule has 8 nitrogen and oxygen atoms in total. The van der Waals surface area contributed by atoms with Crippen molar-refractivity contribution >= 4 is 32.1 Å². The topological polar surface area (TPSA) is 93.2 Å². The first-order valence-electron chi connectivity index (χ1n) is 10.5. The Hall–Kier alpha value is -2.91. The van der Waals surface area contributed by atoms with Gasteiger partial charge in [-0.2, -0.15) is 0 Å². The van der Waals surface area contributed by atoms with Crippen molar-refractivity contribution < 1.29 is 13.5 Å². The highest BCUT2D eigenvalue weighted by atomic mass is 32.2. The van der Waals surface area contributed by atoms with Crippen LogP contribution in [0.2, 0.25) is 0 Å². The number of benzene rings is 1. The van der Waals surface area contributed by atoms with Gasteiger partial charge in [0.1, 0.15) is 16.9 Å². The van der Waals surface area contributed by atoms with Crippen molar-refractivity contribution in [3.8, 4) is 0 Å². The van der Waals surface area contributed by atoms with Gasteiger partial charge in [0.15, 0.2) is 5.65 Å². The Balaban J connectivity index is 1.59. The molecule has 1 aromatic carbocycles. The summed E-state index contributed by atoms with van der Waals surface area (Å²) < 4.78 is 29.6. The number of rotatable bonds is 5. The Labute approximate surface area is 180 Å². The van der Waals surface area contributed by atoms with Crippen LogP contribution in [-0.4, -0.2) is 51.8 Å². The molecule has 1 N–H and O–H groups in total. The summed E-state index contributed by atoms with van der Waals surface area (Å²) in [5, 5.41) is 12.4. The van der Waals surface area contributed by atoms with Gasteiger partial charge in [-0.1, -0.05) is 30.3 Å². The number of aryl methyl sites for hydroxylation is 1. The average molecular weight is 440 g/mol. The van der Waals surface area contributed by atoms with E-state index in [0.29, 0.717) is 11.6 Å². The van der Waals surface area contributed by atoms with Crippen molar-refractivity contribution in [1.29, 1.82) is 0 Å². The van der Waals surface area contributed by atoms with E-state index in [0.717, 1.165) is 53.7 Å². The zero-order valence-electron chi connectivity index (χ0n) is 17.3. The van der Waals surface area contributed by atoms with Gasteiger partial charge in [-0.15, -0.1) is 0 Å². The lowest BCUT2D eigenvalue weighted by atomic mass is 9.99. The Morgan fingerprint density at radius 1 is 1.13 bits per heavy atom. The molecule has 31 heavy (non-hydrogen) atoms. The lowest BCUT2D eigenvalue weighted by Gasteiger charge is -2.34. The third-order valence-electron chi connectivity index (χ3n) is 6.06. The van der Waals surface area contributed by atoms with Gasteiger partial charge in [0.25, 0.3) is 0 Å². The summed E-state index contributed by atoms with van der Waals surface area (Å²) >= 11 is 0. The summed E-state index contributed by atoms with van der Waals surface area (Å²) in [7, 11) is -3.62. The molecule has 5 rings (SSSR count). The van der Waals surface area contributed by atoms with Crippen LogP contribution in [-0.2, 0) is 15.8 Å². The van der Waals surface area contributed by atoms with Crippen molar-refractivity contribution in [2.75, 3.05) is 24.7 Å². The molecule has 0 amide bonds. The molecule has 1 saturated heterocycles. The summed E-state index contributed by atoms with van der Waals surface area (Å²) in [6, 6.07) is 11.0. The zero-order chi connectivity index (χ0) is 21.6. The van der Waals surface area contributed by atoms with E-state index in [4.69, 9.17) is 0 Å². The van der Waals surface area contributed by atoms with Crippen molar-refractivity contribution in [3.05, 3.63) is 60.2 Å². The van der Waals surface area contributed by atoms with Gasteiger partial charge in [0, 0.05) is 31.3 Å². The first-order valence-corrected chi connectivity index (χ1v) is 12.1. The predicted molar refractivity (Wildman–Crippen MR) is 120 cm³/mol. The van der Waals surface area contributed by atoms with Gasteiger partial charge in [-0.05, 0) is 37.3 Å². The predicted octanol–water partition coefficient (Wildman–Crippen LogP) is 2.41. The van der Waals surface area contributed by atoms with Crippen LogP contribution in [0.3, 0.4) is 0 Å². The van der Waals surface area contributed by atoms with Gasteiger partial charge >= 0.3 is 0 Å². The summed E-state index contributed by atoms with van der Waals surface area (Å²) in [6.07, 6.45) is 5.06. The molecule has 1 fully saturated rings. The maximum absolute atomic E-state index is 13.1. The number of aromatic nitrogens is 4. The maximum Gasteiger partial charge on any atom is 0.244 e. The number of imidazole rings is 1. The highest BCUT2D eigenvalue weighted by Gasteiger charge is 2.25. The van der Waals surface area contributed by atoms with Crippen LogP contribution in [0.4, 0.5) is 0 Å². The smallest absolute Gasteiger partial charge is 0.244 e. The van der Waals surface area contributed by atoms with E-state index in [1.54, 1.807) is 12.4 Å². The van der Waals surface area contributed by atoms with Crippen molar-refractivity contribution in [3.63, 3.8) is 0 Å². The SMILES string of the molecule is Cc1nc2cnc3c(ccn3S(=O)(=O)Cc3ccccc3)c2n1N1CCC(CO)CC1. The van der Waals surface area contributed by atoms with Gasteiger partial charge in [0.2, 0.25) is 10.0 Å². The Morgan fingerprint density at radius 3 is 2.58 bits per heavy atom. The number of aliphatic hydroxyl groups is 1. The molecule has 1 aliphatic rings. The molecule has 9 heteroatoms. The van der Waals surface area contributed by atoms with Crippen LogP contribution in [0, 0.1) is 12.8 Å². The zero-order valence-corrected chi connectivity index (χ0v) is 18.2. The third kappa shape index (κ3) is 3.47. The first kappa shape index (κ1) is 20.0. The molecule has 0 spiro atoms. The van der Waals surface area contributed by atoms with Crippen molar-refractivity contribution in [1.82, 2.24) is 18.6 Å². The highest BCUT2D eigenvalue weighted by molar-refractivity contribution is 7.89. The quantitative estimate of drug-likeness (QED) is 0.513. The summed E-state index contributed by atoms with van der Waals surface area (Å²) in [4.78, 5) is 9.13. The molecule has 0 unspecified atom stereocenters. The molecule has 3 aromatic heterocycles. The number of piperidine rings is 1. The van der Waals surface area contributed by atoms with Crippen molar-refractivity contribution in [2.45, 2.75) is 25.5 Å².